The lowest BCUT2D eigenvalue weighted by molar-refractivity contribution is 0.0651. The van der Waals surface area contributed by atoms with Gasteiger partial charge in [0.05, 0.1) is 10.9 Å². The number of rotatable bonds is 5. The van der Waals surface area contributed by atoms with Crippen molar-refractivity contribution in [1.82, 2.24) is 9.80 Å². The first-order valence-electron chi connectivity index (χ1n) is 12.0. The van der Waals surface area contributed by atoms with Gasteiger partial charge < -0.3 is 9.32 Å². The van der Waals surface area contributed by atoms with Gasteiger partial charge in [-0.25, -0.2) is 0 Å². The van der Waals surface area contributed by atoms with Crippen LogP contribution in [-0.4, -0.2) is 48.4 Å². The molecule has 2 heterocycles. The Morgan fingerprint density at radius 1 is 0.886 bits per heavy atom. The molecule has 1 saturated heterocycles. The van der Waals surface area contributed by atoms with Gasteiger partial charge in [-0.1, -0.05) is 78.9 Å². The topological polar surface area (TPSA) is 53.8 Å². The summed E-state index contributed by atoms with van der Waals surface area (Å²) in [4.78, 5) is 30.8. The number of piperazine rings is 1. The van der Waals surface area contributed by atoms with Crippen molar-refractivity contribution in [2.24, 2.45) is 0 Å². The maximum atomic E-state index is 13.5. The zero-order valence-electron chi connectivity index (χ0n) is 19.8. The number of carbonyl (C=O) groups excluding carboxylic acids is 1. The lowest BCUT2D eigenvalue weighted by Crippen LogP contribution is -2.48. The van der Waals surface area contributed by atoms with E-state index in [4.69, 9.17) is 4.42 Å². The lowest BCUT2D eigenvalue weighted by atomic mass is 10.0. The van der Waals surface area contributed by atoms with E-state index in [-0.39, 0.29) is 11.3 Å². The van der Waals surface area contributed by atoms with E-state index >= 15 is 0 Å². The molecular weight excluding hydrogens is 436 g/mol. The second-order valence-electron chi connectivity index (χ2n) is 8.84. The van der Waals surface area contributed by atoms with Crippen molar-refractivity contribution in [2.45, 2.75) is 6.92 Å². The van der Waals surface area contributed by atoms with E-state index in [0.717, 1.165) is 25.2 Å². The Morgan fingerprint density at radius 2 is 1.57 bits per heavy atom. The molecule has 0 aliphatic carbocycles. The van der Waals surface area contributed by atoms with Crippen LogP contribution in [0.15, 0.2) is 94.2 Å². The summed E-state index contributed by atoms with van der Waals surface area (Å²) in [6, 6.07) is 25.0. The fraction of sp³-hybridized carbons (Fsp3) is 0.200. The molecule has 0 atom stereocenters. The van der Waals surface area contributed by atoms with Gasteiger partial charge in [0.15, 0.2) is 11.0 Å². The third kappa shape index (κ3) is 4.81. The first-order chi connectivity index (χ1) is 17.1. The monoisotopic (exact) mass is 464 g/mol. The molecule has 0 radical (unpaired) electrons. The van der Waals surface area contributed by atoms with Crippen molar-refractivity contribution in [3.63, 3.8) is 0 Å². The minimum Gasteiger partial charge on any atom is -0.455 e. The normalized spacial score (nSPS) is 14.6. The van der Waals surface area contributed by atoms with E-state index in [0.29, 0.717) is 40.9 Å². The largest absolute Gasteiger partial charge is 0.455 e. The highest BCUT2D eigenvalue weighted by molar-refractivity contribution is 6.05. The summed E-state index contributed by atoms with van der Waals surface area (Å²) in [7, 11) is 0. The van der Waals surface area contributed by atoms with E-state index in [2.05, 4.69) is 29.2 Å². The van der Waals surface area contributed by atoms with Crippen molar-refractivity contribution >= 4 is 23.0 Å². The summed E-state index contributed by atoms with van der Waals surface area (Å²) in [5, 5.41) is 0.442. The Balaban J connectivity index is 1.34. The van der Waals surface area contributed by atoms with Crippen LogP contribution in [0.1, 0.15) is 21.5 Å². The fourth-order valence-corrected chi connectivity index (χ4v) is 4.55. The summed E-state index contributed by atoms with van der Waals surface area (Å²) in [6.45, 7) is 5.49. The molecule has 0 saturated carbocycles. The molecule has 35 heavy (non-hydrogen) atoms. The number of benzene rings is 3. The SMILES string of the molecule is Cc1c(-c2ccccc2)oc2c(C(=O)N3CCN(CC=Cc4ccccc4)CC3)cccc2c1=O. The third-order valence-corrected chi connectivity index (χ3v) is 6.54. The highest BCUT2D eigenvalue weighted by Crippen LogP contribution is 2.28. The summed E-state index contributed by atoms with van der Waals surface area (Å²) in [5.74, 6) is 0.416. The van der Waals surface area contributed by atoms with Crippen molar-refractivity contribution in [2.75, 3.05) is 32.7 Å². The van der Waals surface area contributed by atoms with E-state index in [1.54, 1.807) is 25.1 Å². The number of carbonyl (C=O) groups is 1. The standard InChI is InChI=1S/C30H28N2O3/c1-22-27(33)25-15-8-16-26(29(25)35-28(22)24-13-6-3-7-14-24)30(34)32-20-18-31(19-21-32)17-9-12-23-10-4-2-5-11-23/h2-16H,17-21H2,1H3. The predicted octanol–water partition coefficient (Wildman–Crippen LogP) is 5.24. The molecule has 1 aromatic heterocycles. The second-order valence-corrected chi connectivity index (χ2v) is 8.84. The Morgan fingerprint density at radius 3 is 2.29 bits per heavy atom. The molecule has 176 valence electrons. The predicted molar refractivity (Wildman–Crippen MR) is 140 cm³/mol. The number of amides is 1. The molecule has 0 unspecified atom stereocenters. The Bertz CT molecular complexity index is 1420. The molecule has 5 heteroatoms. The quantitative estimate of drug-likeness (QED) is 0.405. The van der Waals surface area contributed by atoms with Gasteiger partial charge in [0.25, 0.3) is 5.91 Å². The summed E-state index contributed by atoms with van der Waals surface area (Å²) in [6.07, 6.45) is 4.29. The average molecular weight is 465 g/mol. The van der Waals surface area contributed by atoms with Crippen LogP contribution in [0.3, 0.4) is 0 Å². The molecule has 0 spiro atoms. The number of hydrogen-bond acceptors (Lipinski definition) is 4. The molecule has 4 aromatic rings. The molecule has 0 bridgehead atoms. The zero-order chi connectivity index (χ0) is 24.2. The van der Waals surface area contributed by atoms with E-state index in [1.807, 2.05) is 53.4 Å². The van der Waals surface area contributed by atoms with Crippen LogP contribution >= 0.6 is 0 Å². The molecule has 1 aliphatic rings. The van der Waals surface area contributed by atoms with Crippen molar-refractivity contribution < 1.29 is 9.21 Å². The number of nitrogens with zero attached hydrogens (tertiary/aromatic N) is 2. The van der Waals surface area contributed by atoms with Crippen LogP contribution in [0.25, 0.3) is 28.4 Å². The smallest absolute Gasteiger partial charge is 0.257 e. The van der Waals surface area contributed by atoms with E-state index in [1.165, 1.54) is 5.56 Å². The molecule has 5 rings (SSSR count). The van der Waals surface area contributed by atoms with Crippen molar-refractivity contribution in [3.05, 3.63) is 112 Å². The Kier molecular flexibility index (Phi) is 6.59. The highest BCUT2D eigenvalue weighted by atomic mass is 16.3. The second kappa shape index (κ2) is 10.1. The fourth-order valence-electron chi connectivity index (χ4n) is 4.55. The molecular formula is C30H28N2O3. The molecule has 1 aliphatic heterocycles. The number of para-hydroxylation sites is 1. The van der Waals surface area contributed by atoms with Crippen molar-refractivity contribution in [3.8, 4) is 11.3 Å². The lowest BCUT2D eigenvalue weighted by Gasteiger charge is -2.34. The number of hydrogen-bond donors (Lipinski definition) is 0. The van der Waals surface area contributed by atoms with Gasteiger partial charge in [-0.3, -0.25) is 14.5 Å². The van der Waals surface area contributed by atoms with Gasteiger partial charge in [-0.15, -0.1) is 0 Å². The van der Waals surface area contributed by atoms with Crippen LogP contribution in [0.2, 0.25) is 0 Å². The zero-order valence-corrected chi connectivity index (χ0v) is 19.8. The van der Waals surface area contributed by atoms with Gasteiger partial charge in [0, 0.05) is 43.9 Å². The molecule has 5 nitrogen and oxygen atoms in total. The minimum atomic E-state index is -0.102. The van der Waals surface area contributed by atoms with Crippen LogP contribution in [-0.2, 0) is 0 Å². The van der Waals surface area contributed by atoms with Crippen LogP contribution in [0.4, 0.5) is 0 Å². The Hall–Kier alpha value is -3.96. The molecule has 1 amide bonds. The maximum absolute atomic E-state index is 13.5. The first-order valence-corrected chi connectivity index (χ1v) is 12.0. The minimum absolute atomic E-state index is 0.0962. The van der Waals surface area contributed by atoms with Crippen LogP contribution in [0.5, 0.6) is 0 Å². The maximum Gasteiger partial charge on any atom is 0.257 e. The van der Waals surface area contributed by atoms with Gasteiger partial charge in [0.1, 0.15) is 5.76 Å². The molecule has 1 fully saturated rings. The summed E-state index contributed by atoms with van der Waals surface area (Å²) in [5.41, 5.74) is 3.25. The van der Waals surface area contributed by atoms with Gasteiger partial charge in [0.2, 0.25) is 0 Å². The number of fused-ring (bicyclic) bond motifs is 1. The van der Waals surface area contributed by atoms with E-state index in [9.17, 15) is 9.59 Å². The van der Waals surface area contributed by atoms with E-state index < -0.39 is 0 Å². The average Bonchev–Trinajstić information content (AvgIpc) is 2.91. The highest BCUT2D eigenvalue weighted by Gasteiger charge is 2.25. The van der Waals surface area contributed by atoms with Gasteiger partial charge in [-0.2, -0.15) is 0 Å². The third-order valence-electron chi connectivity index (χ3n) is 6.54. The first kappa shape index (κ1) is 22.8. The Labute approximate surface area is 204 Å². The summed E-state index contributed by atoms with van der Waals surface area (Å²) < 4.78 is 6.25. The molecule has 0 N–H and O–H groups in total. The van der Waals surface area contributed by atoms with Gasteiger partial charge in [-0.05, 0) is 24.6 Å². The van der Waals surface area contributed by atoms with Gasteiger partial charge >= 0.3 is 0 Å². The van der Waals surface area contributed by atoms with Crippen molar-refractivity contribution in [1.29, 1.82) is 0 Å². The van der Waals surface area contributed by atoms with Crippen LogP contribution in [0, 0.1) is 6.92 Å². The summed E-state index contributed by atoms with van der Waals surface area (Å²) >= 11 is 0. The molecule has 3 aromatic carbocycles. The van der Waals surface area contributed by atoms with Crippen LogP contribution < -0.4 is 5.43 Å².